The number of hydrogen-bond acceptors (Lipinski definition) is 17. The summed E-state index contributed by atoms with van der Waals surface area (Å²) in [6, 6.07) is -12.7. The highest BCUT2D eigenvalue weighted by Gasteiger charge is 2.46. The molecule has 0 aromatic heterocycles. The number of carboxylic acid groups (broad SMARTS) is 2. The zero-order chi connectivity index (χ0) is 52.4. The summed E-state index contributed by atoms with van der Waals surface area (Å²) in [5.74, 6) is -14.2. The van der Waals surface area contributed by atoms with Crippen molar-refractivity contribution in [2.45, 2.75) is 145 Å². The normalized spacial score (nSPS) is 20.8. The van der Waals surface area contributed by atoms with Gasteiger partial charge in [-0.1, -0.05) is 13.8 Å². The van der Waals surface area contributed by atoms with Gasteiger partial charge in [0.05, 0.1) is 37.7 Å². The summed E-state index contributed by atoms with van der Waals surface area (Å²) in [4.78, 5) is 156. The van der Waals surface area contributed by atoms with Crippen molar-refractivity contribution in [1.82, 2.24) is 41.7 Å². The highest BCUT2D eigenvalue weighted by molar-refractivity contribution is 5.99. The fourth-order valence-corrected chi connectivity index (χ4v) is 7.45. The summed E-state index contributed by atoms with van der Waals surface area (Å²) in [7, 11) is 0. The van der Waals surface area contributed by atoms with Gasteiger partial charge in [0.15, 0.2) is 0 Å². The van der Waals surface area contributed by atoms with Crippen LogP contribution in [0.5, 0.6) is 0 Å². The predicted molar refractivity (Wildman–Crippen MR) is 234 cm³/mol. The summed E-state index contributed by atoms with van der Waals surface area (Å²) < 4.78 is 0. The number of unbranched alkanes of at least 4 members (excludes halogenated alkanes) is 1. The van der Waals surface area contributed by atoms with Crippen LogP contribution in [0.4, 0.5) is 0 Å². The Labute approximate surface area is 395 Å². The van der Waals surface area contributed by atoms with Gasteiger partial charge in [-0.3, -0.25) is 52.7 Å². The Morgan fingerprint density at radius 2 is 1.28 bits per heavy atom. The predicted octanol–water partition coefficient (Wildman–Crippen LogP) is -8.36. The Morgan fingerprint density at radius 3 is 1.83 bits per heavy atom. The molecule has 2 heterocycles. The number of nitrogens with zero attached hydrogens (tertiary/aromatic N) is 2. The number of nitrogens with one attached hydrogen (secondary N) is 6. The van der Waals surface area contributed by atoms with Gasteiger partial charge < -0.3 is 90.2 Å². The van der Waals surface area contributed by atoms with Gasteiger partial charge in [0.2, 0.25) is 59.1 Å². The second kappa shape index (κ2) is 27.4. The van der Waals surface area contributed by atoms with Gasteiger partial charge in [0.1, 0.15) is 48.3 Å². The second-order valence-electron chi connectivity index (χ2n) is 17.1. The number of aliphatic carboxylic acids is 2. The van der Waals surface area contributed by atoms with Crippen molar-refractivity contribution in [1.29, 1.82) is 0 Å². The monoisotopic (exact) mass is 986 g/mol. The Kier molecular flexibility index (Phi) is 23.3. The molecule has 0 aliphatic carbocycles. The van der Waals surface area contributed by atoms with Crippen LogP contribution < -0.4 is 54.8 Å². The maximum absolute atomic E-state index is 14.0. The van der Waals surface area contributed by atoms with Crippen LogP contribution in [0.2, 0.25) is 0 Å². The summed E-state index contributed by atoms with van der Waals surface area (Å²) in [6.45, 7) is 2.95. The van der Waals surface area contributed by atoms with Gasteiger partial charge in [-0.15, -0.1) is 0 Å². The third-order valence-electron chi connectivity index (χ3n) is 11.2. The Hall–Kier alpha value is -6.56. The maximum Gasteiger partial charge on any atom is 0.326 e. The molecule has 0 aromatic rings. The minimum Gasteiger partial charge on any atom is -0.481 e. The minimum atomic E-state index is -1.83. The van der Waals surface area contributed by atoms with Crippen molar-refractivity contribution < 1.29 is 83.1 Å². The standard InChI is InChI=1S/C40H66N12O17/c1-17(2)31(50-35(63)24-12-19(54)16-52(24)39(67)30(44)18(3)53)36(64)49-23(14-27(43)57)38(66)51-11-9-25(55)32(51)37(65)45-15-28(58)46-22(13-26(42)56)34(62)47-20(7-8-29(59)60)33(61)48-21(40(68)69)6-4-5-10-41/h17-25,30-32,53-55H,4-16,41,44H2,1-3H3,(H2,42,56)(H2,43,57)(H,45,65)(H,46,58)(H,47,62)(H,48,61)(H,49,64)(H,50,63)(H,59,60)(H,68,69)/t18-,19-,20+,21+,22+,23+,24+,25+,30+,31+,32+/m1/s1. The highest BCUT2D eigenvalue weighted by atomic mass is 16.4. The van der Waals surface area contributed by atoms with Crippen LogP contribution >= 0.6 is 0 Å². The molecule has 2 rings (SSSR count). The van der Waals surface area contributed by atoms with Gasteiger partial charge in [-0.25, -0.2) is 4.79 Å². The van der Waals surface area contributed by atoms with Crippen molar-refractivity contribution >= 4 is 71.0 Å². The van der Waals surface area contributed by atoms with E-state index < -0.39 is 176 Å². The lowest BCUT2D eigenvalue weighted by molar-refractivity contribution is -0.145. The van der Waals surface area contributed by atoms with Crippen LogP contribution in [0.3, 0.4) is 0 Å². The smallest absolute Gasteiger partial charge is 0.326 e. The number of likely N-dealkylation sites (tertiary alicyclic amines) is 2. The quantitative estimate of drug-likeness (QED) is 0.0324. The van der Waals surface area contributed by atoms with Gasteiger partial charge in [0, 0.05) is 25.9 Å². The number of amides is 10. The number of carboxylic acids is 2. The van der Waals surface area contributed by atoms with Gasteiger partial charge >= 0.3 is 11.9 Å². The summed E-state index contributed by atoms with van der Waals surface area (Å²) in [5, 5.41) is 63.2. The molecule has 0 aromatic carbocycles. The van der Waals surface area contributed by atoms with E-state index in [9.17, 15) is 83.1 Å². The number of β-amino-alcohol motifs (C(OH)–C–C–N with tert-alkyl or cyclic N) is 1. The fraction of sp³-hybridized carbons (Fsp3) is 0.700. The van der Waals surface area contributed by atoms with Gasteiger partial charge in [-0.05, 0) is 51.5 Å². The molecule has 2 aliphatic rings. The Bertz CT molecular complexity index is 1920. The molecule has 29 nitrogen and oxygen atoms in total. The van der Waals surface area contributed by atoms with Crippen LogP contribution in [0.15, 0.2) is 0 Å². The van der Waals surface area contributed by atoms with E-state index >= 15 is 0 Å². The average molecular weight is 987 g/mol. The molecular weight excluding hydrogens is 921 g/mol. The molecule has 0 radical (unpaired) electrons. The first-order valence-corrected chi connectivity index (χ1v) is 22.1. The van der Waals surface area contributed by atoms with Crippen LogP contribution in [0, 0.1) is 5.92 Å². The number of carbonyl (C=O) groups excluding carboxylic acids is 10. The number of aliphatic hydroxyl groups excluding tert-OH is 3. The Morgan fingerprint density at radius 1 is 0.696 bits per heavy atom. The van der Waals surface area contributed by atoms with E-state index in [2.05, 4.69) is 31.9 Å². The van der Waals surface area contributed by atoms with E-state index in [4.69, 9.17) is 22.9 Å². The fourth-order valence-electron chi connectivity index (χ4n) is 7.45. The zero-order valence-corrected chi connectivity index (χ0v) is 38.5. The molecule has 2 fully saturated rings. The number of carbonyl (C=O) groups is 12. The Balaban J connectivity index is 2.22. The third kappa shape index (κ3) is 18.1. The molecule has 10 amide bonds. The lowest BCUT2D eigenvalue weighted by Gasteiger charge is -2.31. The number of nitrogens with two attached hydrogens (primary N) is 4. The molecular formula is C40H66N12O17. The van der Waals surface area contributed by atoms with Crippen molar-refractivity contribution in [2.24, 2.45) is 28.9 Å². The summed E-state index contributed by atoms with van der Waals surface area (Å²) in [5.41, 5.74) is 21.9. The van der Waals surface area contributed by atoms with E-state index in [0.29, 0.717) is 12.8 Å². The lowest BCUT2D eigenvalue weighted by atomic mass is 10.0. The van der Waals surface area contributed by atoms with E-state index in [0.717, 1.165) is 9.80 Å². The van der Waals surface area contributed by atoms with Gasteiger partial charge in [0.25, 0.3) is 0 Å². The summed E-state index contributed by atoms with van der Waals surface area (Å²) >= 11 is 0. The topological polar surface area (TPSA) is 489 Å². The minimum absolute atomic E-state index is 0.0546. The molecule has 0 saturated carbocycles. The SMILES string of the molecule is CC(C)[C@H](NC(=O)[C@@H]1C[C@@H](O)CN1C(=O)[C@@H](N)[C@@H](C)O)C(=O)N[C@@H](CC(N)=O)C(=O)N1CC[C@H](O)[C@H]1C(=O)NCC(=O)N[C@@H](CC(N)=O)C(=O)N[C@@H](CCC(=O)O)C(=O)N[C@@H](CCCCN)C(=O)O. The molecule has 2 saturated heterocycles. The number of aliphatic hydroxyl groups is 3. The number of hydrogen-bond donors (Lipinski definition) is 15. The summed E-state index contributed by atoms with van der Waals surface area (Å²) in [6.07, 6.45) is -6.74. The third-order valence-corrected chi connectivity index (χ3v) is 11.2. The first-order valence-electron chi connectivity index (χ1n) is 22.1. The van der Waals surface area contributed by atoms with Crippen LogP contribution in [0.25, 0.3) is 0 Å². The molecule has 29 heteroatoms. The van der Waals surface area contributed by atoms with Crippen molar-refractivity contribution in [3.05, 3.63) is 0 Å². The van der Waals surface area contributed by atoms with E-state index in [-0.39, 0.29) is 38.9 Å². The molecule has 2 aliphatic heterocycles. The molecule has 388 valence electrons. The van der Waals surface area contributed by atoms with E-state index in [1.807, 2.05) is 0 Å². The second-order valence-corrected chi connectivity index (χ2v) is 17.1. The number of primary amides is 2. The lowest BCUT2D eigenvalue weighted by Crippen LogP contribution is -2.61. The molecule has 0 bridgehead atoms. The molecule has 0 spiro atoms. The van der Waals surface area contributed by atoms with E-state index in [1.54, 1.807) is 0 Å². The van der Waals surface area contributed by atoms with E-state index in [1.165, 1.54) is 20.8 Å². The maximum atomic E-state index is 14.0. The van der Waals surface area contributed by atoms with Crippen molar-refractivity contribution in [2.75, 3.05) is 26.2 Å². The van der Waals surface area contributed by atoms with Crippen LogP contribution in [-0.4, -0.2) is 199 Å². The van der Waals surface area contributed by atoms with Crippen molar-refractivity contribution in [3.63, 3.8) is 0 Å². The molecule has 11 atom stereocenters. The van der Waals surface area contributed by atoms with Crippen LogP contribution in [0.1, 0.15) is 78.6 Å². The largest absolute Gasteiger partial charge is 0.481 e. The number of rotatable bonds is 28. The first-order chi connectivity index (χ1) is 32.2. The van der Waals surface area contributed by atoms with Gasteiger partial charge in [-0.2, -0.15) is 0 Å². The van der Waals surface area contributed by atoms with Crippen molar-refractivity contribution in [3.8, 4) is 0 Å². The highest BCUT2D eigenvalue weighted by Crippen LogP contribution is 2.22. The first kappa shape index (κ1) is 58.6. The zero-order valence-electron chi connectivity index (χ0n) is 38.5. The van der Waals surface area contributed by atoms with Crippen LogP contribution in [-0.2, 0) is 57.5 Å². The molecule has 69 heavy (non-hydrogen) atoms. The molecule has 0 unspecified atom stereocenters. The average Bonchev–Trinajstić information content (AvgIpc) is 3.85. The molecule has 19 N–H and O–H groups in total.